The molecule has 2 heterocycles. The molecule has 0 aliphatic carbocycles. The normalized spacial score (nSPS) is 20.7. The van der Waals surface area contributed by atoms with Crippen LogP contribution in [0.2, 0.25) is 0 Å². The van der Waals surface area contributed by atoms with Gasteiger partial charge < -0.3 is 9.64 Å². The van der Waals surface area contributed by atoms with Gasteiger partial charge in [0, 0.05) is 25.6 Å². The molecule has 7 heteroatoms. The first kappa shape index (κ1) is 21.8. The molecule has 1 atom stereocenters. The van der Waals surface area contributed by atoms with Crippen molar-refractivity contribution in [2.24, 2.45) is 5.92 Å². The number of hydrogen-bond donors (Lipinski definition) is 0. The molecule has 0 N–H and O–H groups in total. The van der Waals surface area contributed by atoms with E-state index in [-0.39, 0.29) is 17.9 Å². The zero-order chi connectivity index (χ0) is 22.0. The van der Waals surface area contributed by atoms with Gasteiger partial charge in [0.25, 0.3) is 0 Å². The number of sulfonamides is 1. The third-order valence-electron chi connectivity index (χ3n) is 6.50. The van der Waals surface area contributed by atoms with E-state index >= 15 is 0 Å². The van der Waals surface area contributed by atoms with Gasteiger partial charge in [0.15, 0.2) is 0 Å². The Kier molecular flexibility index (Phi) is 6.34. The van der Waals surface area contributed by atoms with Crippen LogP contribution in [-0.2, 0) is 14.8 Å². The fourth-order valence-corrected chi connectivity index (χ4v) is 6.11. The molecule has 0 saturated carbocycles. The number of nitrogens with zero attached hydrogens (tertiary/aromatic N) is 2. The van der Waals surface area contributed by atoms with Gasteiger partial charge in [0.2, 0.25) is 15.9 Å². The molecule has 0 bridgehead atoms. The largest absolute Gasteiger partial charge is 0.497 e. The van der Waals surface area contributed by atoms with Gasteiger partial charge in [-0.25, -0.2) is 8.42 Å². The molecule has 2 aromatic rings. The van der Waals surface area contributed by atoms with Crippen LogP contribution < -0.4 is 4.74 Å². The SMILES string of the molecule is COc1ccc([C@H]2CCCN2C(=O)C2CCN(S(=O)(=O)c3ccc(C)cc3)CC2)cc1. The van der Waals surface area contributed by atoms with Crippen molar-refractivity contribution in [3.05, 3.63) is 59.7 Å². The Morgan fingerprint density at radius 1 is 0.935 bits per heavy atom. The van der Waals surface area contributed by atoms with E-state index in [4.69, 9.17) is 4.74 Å². The predicted octanol–water partition coefficient (Wildman–Crippen LogP) is 3.77. The minimum Gasteiger partial charge on any atom is -0.497 e. The lowest BCUT2D eigenvalue weighted by atomic mass is 9.95. The highest BCUT2D eigenvalue weighted by Crippen LogP contribution is 2.35. The Labute approximate surface area is 184 Å². The molecule has 0 radical (unpaired) electrons. The van der Waals surface area contributed by atoms with Crippen LogP contribution in [0.1, 0.15) is 42.9 Å². The minimum atomic E-state index is -3.51. The average molecular weight is 443 g/mol. The van der Waals surface area contributed by atoms with Crippen LogP contribution in [0, 0.1) is 12.8 Å². The summed E-state index contributed by atoms with van der Waals surface area (Å²) in [7, 11) is -1.87. The van der Waals surface area contributed by atoms with E-state index in [1.165, 1.54) is 4.31 Å². The summed E-state index contributed by atoms with van der Waals surface area (Å²) in [5.41, 5.74) is 2.16. The highest BCUT2D eigenvalue weighted by Gasteiger charge is 2.37. The Hall–Kier alpha value is -2.38. The van der Waals surface area contributed by atoms with Crippen molar-refractivity contribution < 1.29 is 17.9 Å². The second-order valence-corrected chi connectivity index (χ2v) is 10.4. The van der Waals surface area contributed by atoms with Crippen molar-refractivity contribution in [3.63, 3.8) is 0 Å². The van der Waals surface area contributed by atoms with Crippen molar-refractivity contribution >= 4 is 15.9 Å². The lowest BCUT2D eigenvalue weighted by molar-refractivity contribution is -0.137. The predicted molar refractivity (Wildman–Crippen MR) is 119 cm³/mol. The summed E-state index contributed by atoms with van der Waals surface area (Å²) in [4.78, 5) is 15.6. The molecule has 6 nitrogen and oxygen atoms in total. The number of likely N-dealkylation sites (tertiary alicyclic amines) is 1. The third kappa shape index (κ3) is 4.48. The average Bonchev–Trinajstić information content (AvgIpc) is 3.29. The number of benzene rings is 2. The van der Waals surface area contributed by atoms with E-state index in [1.807, 2.05) is 48.2 Å². The first-order valence-electron chi connectivity index (χ1n) is 10.9. The van der Waals surface area contributed by atoms with Gasteiger partial charge in [-0.2, -0.15) is 4.31 Å². The van der Waals surface area contributed by atoms with Crippen molar-refractivity contribution in [1.82, 2.24) is 9.21 Å². The summed E-state index contributed by atoms with van der Waals surface area (Å²) in [6.07, 6.45) is 3.08. The molecule has 2 aromatic carbocycles. The zero-order valence-corrected chi connectivity index (χ0v) is 19.0. The molecule has 1 amide bonds. The third-order valence-corrected chi connectivity index (χ3v) is 8.41. The Bertz CT molecular complexity index is 1010. The number of methoxy groups -OCH3 is 1. The molecule has 0 spiro atoms. The fourth-order valence-electron chi connectivity index (χ4n) is 4.64. The van der Waals surface area contributed by atoms with Gasteiger partial charge >= 0.3 is 0 Å². The molecule has 31 heavy (non-hydrogen) atoms. The molecule has 166 valence electrons. The Balaban J connectivity index is 1.41. The quantitative estimate of drug-likeness (QED) is 0.707. The van der Waals surface area contributed by atoms with Crippen molar-refractivity contribution in [2.45, 2.75) is 43.5 Å². The van der Waals surface area contributed by atoms with Crippen molar-refractivity contribution in [1.29, 1.82) is 0 Å². The maximum absolute atomic E-state index is 13.3. The lowest BCUT2D eigenvalue weighted by Crippen LogP contribution is -2.44. The smallest absolute Gasteiger partial charge is 0.243 e. The number of hydrogen-bond acceptors (Lipinski definition) is 4. The Morgan fingerprint density at radius 3 is 2.19 bits per heavy atom. The molecular formula is C24H30N2O4S. The summed E-state index contributed by atoms with van der Waals surface area (Å²) < 4.78 is 32.6. The maximum atomic E-state index is 13.3. The number of ether oxygens (including phenoxy) is 1. The van der Waals surface area contributed by atoms with Crippen LogP contribution in [0.5, 0.6) is 5.75 Å². The summed E-state index contributed by atoms with van der Waals surface area (Å²) in [5.74, 6) is 0.843. The van der Waals surface area contributed by atoms with Gasteiger partial charge in [-0.05, 0) is 62.4 Å². The molecular weight excluding hydrogens is 412 g/mol. The summed E-state index contributed by atoms with van der Waals surface area (Å²) in [6.45, 7) is 3.46. The van der Waals surface area contributed by atoms with E-state index in [0.29, 0.717) is 30.8 Å². The molecule has 2 aliphatic heterocycles. The topological polar surface area (TPSA) is 66.9 Å². The minimum absolute atomic E-state index is 0.0905. The van der Waals surface area contributed by atoms with E-state index in [0.717, 1.165) is 36.3 Å². The van der Waals surface area contributed by atoms with Crippen molar-refractivity contribution in [2.75, 3.05) is 26.7 Å². The first-order valence-corrected chi connectivity index (χ1v) is 12.4. The fraction of sp³-hybridized carbons (Fsp3) is 0.458. The van der Waals surface area contributed by atoms with E-state index in [1.54, 1.807) is 19.2 Å². The van der Waals surface area contributed by atoms with Gasteiger partial charge in [0.05, 0.1) is 18.0 Å². The van der Waals surface area contributed by atoms with Crippen LogP contribution in [0.25, 0.3) is 0 Å². The second-order valence-electron chi connectivity index (χ2n) is 8.45. The summed E-state index contributed by atoms with van der Waals surface area (Å²) in [6, 6.07) is 15.0. The molecule has 4 rings (SSSR count). The van der Waals surface area contributed by atoms with Crippen LogP contribution in [0.4, 0.5) is 0 Å². The second kappa shape index (κ2) is 9.01. The molecule has 0 aromatic heterocycles. The molecule has 2 saturated heterocycles. The number of rotatable bonds is 5. The standard InChI is InChI=1S/C24H30N2O4S/c1-18-5-11-22(12-6-18)31(28,29)25-16-13-20(14-17-25)24(27)26-15-3-4-23(26)19-7-9-21(30-2)10-8-19/h5-12,20,23H,3-4,13-17H2,1-2H3/t23-/m1/s1. The van der Waals surface area contributed by atoms with Crippen LogP contribution >= 0.6 is 0 Å². The van der Waals surface area contributed by atoms with Crippen LogP contribution in [0.15, 0.2) is 53.4 Å². The Morgan fingerprint density at radius 2 is 1.58 bits per heavy atom. The van der Waals surface area contributed by atoms with E-state index in [2.05, 4.69) is 0 Å². The van der Waals surface area contributed by atoms with Crippen LogP contribution in [0.3, 0.4) is 0 Å². The molecule has 0 unspecified atom stereocenters. The highest BCUT2D eigenvalue weighted by atomic mass is 32.2. The van der Waals surface area contributed by atoms with Gasteiger partial charge in [-0.1, -0.05) is 29.8 Å². The van der Waals surface area contributed by atoms with Gasteiger partial charge in [-0.3, -0.25) is 4.79 Å². The van der Waals surface area contributed by atoms with Crippen molar-refractivity contribution in [3.8, 4) is 5.75 Å². The van der Waals surface area contributed by atoms with Gasteiger partial charge in [0.1, 0.15) is 5.75 Å². The van der Waals surface area contributed by atoms with E-state index in [9.17, 15) is 13.2 Å². The van der Waals surface area contributed by atoms with Crippen LogP contribution in [-0.4, -0.2) is 50.3 Å². The maximum Gasteiger partial charge on any atom is 0.243 e. The highest BCUT2D eigenvalue weighted by molar-refractivity contribution is 7.89. The molecule has 2 fully saturated rings. The monoisotopic (exact) mass is 442 g/mol. The summed E-state index contributed by atoms with van der Waals surface area (Å²) in [5, 5.41) is 0. The molecule has 2 aliphatic rings. The number of amides is 1. The number of carbonyl (C=O) groups excluding carboxylic acids is 1. The zero-order valence-electron chi connectivity index (χ0n) is 18.2. The number of aryl methyl sites for hydroxylation is 1. The number of piperidine rings is 1. The first-order chi connectivity index (χ1) is 14.9. The summed E-state index contributed by atoms with van der Waals surface area (Å²) >= 11 is 0. The van der Waals surface area contributed by atoms with Gasteiger partial charge in [-0.15, -0.1) is 0 Å². The number of carbonyl (C=O) groups is 1. The lowest BCUT2D eigenvalue weighted by Gasteiger charge is -2.34. The van der Waals surface area contributed by atoms with E-state index < -0.39 is 10.0 Å².